The van der Waals surface area contributed by atoms with Gasteiger partial charge < -0.3 is 10.3 Å². The SMILES string of the molecule is NC(=O)NC(=O)CSc1nc2cc(C(F)(F)F)ccc2n1Cc1ccccc1. The van der Waals surface area contributed by atoms with Gasteiger partial charge in [-0.1, -0.05) is 42.1 Å². The van der Waals surface area contributed by atoms with E-state index in [4.69, 9.17) is 5.73 Å². The van der Waals surface area contributed by atoms with Crippen LogP contribution in [0, 0.1) is 0 Å². The summed E-state index contributed by atoms with van der Waals surface area (Å²) in [6, 6.07) is 11.7. The zero-order valence-corrected chi connectivity index (χ0v) is 15.2. The average molecular weight is 408 g/mol. The van der Waals surface area contributed by atoms with Crippen molar-refractivity contribution in [2.75, 3.05) is 5.75 Å². The van der Waals surface area contributed by atoms with Crippen LogP contribution in [0.4, 0.5) is 18.0 Å². The third kappa shape index (κ3) is 4.63. The van der Waals surface area contributed by atoms with Crippen molar-refractivity contribution in [2.24, 2.45) is 5.73 Å². The van der Waals surface area contributed by atoms with E-state index >= 15 is 0 Å². The second kappa shape index (κ2) is 7.93. The van der Waals surface area contributed by atoms with Crippen LogP contribution in [0.25, 0.3) is 11.0 Å². The Morgan fingerprint density at radius 1 is 1.14 bits per heavy atom. The molecule has 1 aromatic heterocycles. The summed E-state index contributed by atoms with van der Waals surface area (Å²) in [6.07, 6.45) is -4.48. The van der Waals surface area contributed by atoms with E-state index in [1.165, 1.54) is 6.07 Å². The van der Waals surface area contributed by atoms with E-state index in [0.29, 0.717) is 17.2 Å². The Kier molecular flexibility index (Phi) is 5.59. The van der Waals surface area contributed by atoms with Crippen LogP contribution in [0.3, 0.4) is 0 Å². The maximum absolute atomic E-state index is 13.0. The second-order valence-corrected chi connectivity index (χ2v) is 6.81. The topological polar surface area (TPSA) is 90.0 Å². The van der Waals surface area contributed by atoms with Gasteiger partial charge in [0.1, 0.15) is 0 Å². The molecule has 0 saturated heterocycles. The number of aromatic nitrogens is 2. The minimum atomic E-state index is -4.48. The van der Waals surface area contributed by atoms with Crippen molar-refractivity contribution < 1.29 is 22.8 Å². The van der Waals surface area contributed by atoms with Gasteiger partial charge in [0, 0.05) is 0 Å². The number of urea groups is 1. The van der Waals surface area contributed by atoms with Crippen molar-refractivity contribution in [1.29, 1.82) is 0 Å². The molecule has 146 valence electrons. The Labute approximate surface area is 161 Å². The third-order valence-electron chi connectivity index (χ3n) is 3.82. The number of carbonyl (C=O) groups is 2. The van der Waals surface area contributed by atoms with Crippen molar-refractivity contribution in [3.8, 4) is 0 Å². The lowest BCUT2D eigenvalue weighted by Crippen LogP contribution is -2.36. The lowest BCUT2D eigenvalue weighted by Gasteiger charge is -2.10. The van der Waals surface area contributed by atoms with Crippen LogP contribution in [0.15, 0.2) is 53.7 Å². The number of imide groups is 1. The molecule has 3 N–H and O–H groups in total. The Balaban J connectivity index is 1.97. The summed E-state index contributed by atoms with van der Waals surface area (Å²) in [5, 5.41) is 2.30. The summed E-state index contributed by atoms with van der Waals surface area (Å²) in [5.74, 6) is -0.778. The molecule has 0 spiro atoms. The summed E-state index contributed by atoms with van der Waals surface area (Å²) in [6.45, 7) is 0.364. The molecule has 0 saturated carbocycles. The zero-order chi connectivity index (χ0) is 20.3. The smallest absolute Gasteiger partial charge is 0.351 e. The summed E-state index contributed by atoms with van der Waals surface area (Å²) in [4.78, 5) is 26.7. The molecule has 0 atom stereocenters. The molecular formula is C18H15F3N4O2S. The molecule has 3 amide bonds. The Hall–Kier alpha value is -3.01. The number of fused-ring (bicyclic) bond motifs is 1. The molecule has 0 bridgehead atoms. The molecule has 0 aliphatic carbocycles. The first kappa shape index (κ1) is 19.7. The van der Waals surface area contributed by atoms with Crippen molar-refractivity contribution in [2.45, 2.75) is 17.9 Å². The molecule has 3 aromatic rings. The van der Waals surface area contributed by atoms with Crippen molar-refractivity contribution in [3.63, 3.8) is 0 Å². The summed E-state index contributed by atoms with van der Waals surface area (Å²) in [5.41, 5.74) is 5.71. The number of hydrogen-bond acceptors (Lipinski definition) is 4. The van der Waals surface area contributed by atoms with Gasteiger partial charge in [0.2, 0.25) is 5.91 Å². The predicted octanol–water partition coefficient (Wildman–Crippen LogP) is 3.39. The van der Waals surface area contributed by atoms with E-state index in [-0.39, 0.29) is 11.3 Å². The van der Waals surface area contributed by atoms with Gasteiger partial charge in [0.15, 0.2) is 5.16 Å². The minimum Gasteiger partial charge on any atom is -0.351 e. The quantitative estimate of drug-likeness (QED) is 0.634. The van der Waals surface area contributed by atoms with Crippen molar-refractivity contribution in [1.82, 2.24) is 14.9 Å². The first-order chi connectivity index (χ1) is 13.2. The van der Waals surface area contributed by atoms with E-state index in [2.05, 4.69) is 4.98 Å². The molecule has 10 heteroatoms. The van der Waals surface area contributed by atoms with E-state index < -0.39 is 23.7 Å². The predicted molar refractivity (Wildman–Crippen MR) is 98.7 cm³/mol. The summed E-state index contributed by atoms with van der Waals surface area (Å²) < 4.78 is 40.8. The first-order valence-corrected chi connectivity index (χ1v) is 9.06. The fourth-order valence-corrected chi connectivity index (χ4v) is 3.43. The Morgan fingerprint density at radius 2 is 1.86 bits per heavy atom. The van der Waals surface area contributed by atoms with Crippen LogP contribution in [-0.2, 0) is 17.5 Å². The number of imidazole rings is 1. The molecule has 28 heavy (non-hydrogen) atoms. The fourth-order valence-electron chi connectivity index (χ4n) is 2.62. The van der Waals surface area contributed by atoms with Crippen LogP contribution in [0.5, 0.6) is 0 Å². The largest absolute Gasteiger partial charge is 0.416 e. The monoisotopic (exact) mass is 408 g/mol. The highest BCUT2D eigenvalue weighted by atomic mass is 32.2. The number of nitrogens with one attached hydrogen (secondary N) is 1. The Bertz CT molecular complexity index is 1020. The number of hydrogen-bond donors (Lipinski definition) is 2. The van der Waals surface area contributed by atoms with Gasteiger partial charge in [0.25, 0.3) is 0 Å². The standard InChI is InChI=1S/C18H15F3N4O2S/c19-18(20,21)12-6-7-14-13(8-12)23-17(28-10-15(26)24-16(22)27)25(14)9-11-4-2-1-3-5-11/h1-8H,9-10H2,(H3,22,24,26,27). The molecule has 1 heterocycles. The highest BCUT2D eigenvalue weighted by Crippen LogP contribution is 2.33. The zero-order valence-electron chi connectivity index (χ0n) is 14.4. The third-order valence-corrected chi connectivity index (χ3v) is 4.80. The van der Waals surface area contributed by atoms with Gasteiger partial charge in [0.05, 0.1) is 28.9 Å². The summed E-state index contributed by atoms with van der Waals surface area (Å²) in [7, 11) is 0. The Morgan fingerprint density at radius 3 is 2.50 bits per heavy atom. The average Bonchev–Trinajstić information content (AvgIpc) is 2.96. The van der Waals surface area contributed by atoms with Crippen LogP contribution in [0.1, 0.15) is 11.1 Å². The highest BCUT2D eigenvalue weighted by Gasteiger charge is 2.31. The van der Waals surface area contributed by atoms with Crippen LogP contribution in [0.2, 0.25) is 0 Å². The molecule has 0 aliphatic rings. The van der Waals surface area contributed by atoms with E-state index in [1.54, 1.807) is 4.57 Å². The van der Waals surface area contributed by atoms with Gasteiger partial charge >= 0.3 is 12.2 Å². The molecule has 0 radical (unpaired) electrons. The molecule has 0 aliphatic heterocycles. The molecular weight excluding hydrogens is 393 g/mol. The first-order valence-electron chi connectivity index (χ1n) is 8.07. The number of amides is 3. The number of thioether (sulfide) groups is 1. The summed E-state index contributed by atoms with van der Waals surface area (Å²) >= 11 is 1.01. The number of carbonyl (C=O) groups excluding carboxylic acids is 2. The van der Waals surface area contributed by atoms with Crippen molar-refractivity contribution >= 4 is 34.7 Å². The van der Waals surface area contributed by atoms with E-state index in [1.807, 2.05) is 35.6 Å². The van der Waals surface area contributed by atoms with Crippen LogP contribution >= 0.6 is 11.8 Å². The molecule has 0 unspecified atom stereocenters. The highest BCUT2D eigenvalue weighted by molar-refractivity contribution is 7.99. The number of halogens is 3. The van der Waals surface area contributed by atoms with Crippen LogP contribution < -0.4 is 11.1 Å². The lowest BCUT2D eigenvalue weighted by atomic mass is 10.2. The molecule has 3 rings (SSSR count). The number of nitrogens with two attached hydrogens (primary N) is 1. The van der Waals surface area contributed by atoms with E-state index in [0.717, 1.165) is 29.5 Å². The van der Waals surface area contributed by atoms with Crippen molar-refractivity contribution in [3.05, 3.63) is 59.7 Å². The molecule has 0 fully saturated rings. The van der Waals surface area contributed by atoms with E-state index in [9.17, 15) is 22.8 Å². The number of primary amides is 1. The lowest BCUT2D eigenvalue weighted by molar-refractivity contribution is -0.137. The van der Waals surface area contributed by atoms with Gasteiger partial charge in [-0.15, -0.1) is 0 Å². The maximum Gasteiger partial charge on any atom is 0.416 e. The van der Waals surface area contributed by atoms with Gasteiger partial charge in [-0.2, -0.15) is 13.2 Å². The second-order valence-electron chi connectivity index (χ2n) is 5.87. The molecule has 6 nitrogen and oxygen atoms in total. The maximum atomic E-state index is 13.0. The number of benzene rings is 2. The number of rotatable bonds is 5. The molecule has 2 aromatic carbocycles. The number of alkyl halides is 3. The van der Waals surface area contributed by atoms with Crippen LogP contribution in [-0.4, -0.2) is 27.2 Å². The fraction of sp³-hybridized carbons (Fsp3) is 0.167. The van der Waals surface area contributed by atoms with Gasteiger partial charge in [-0.05, 0) is 23.8 Å². The van der Waals surface area contributed by atoms with Gasteiger partial charge in [-0.3, -0.25) is 10.1 Å². The van der Waals surface area contributed by atoms with Gasteiger partial charge in [-0.25, -0.2) is 9.78 Å². The minimum absolute atomic E-state index is 0.160. The normalized spacial score (nSPS) is 11.5. The number of nitrogens with zero attached hydrogens (tertiary/aromatic N) is 2.